The summed E-state index contributed by atoms with van der Waals surface area (Å²) in [5, 5.41) is 0. The minimum Gasteiger partial charge on any atom is -0.495 e. The quantitative estimate of drug-likeness (QED) is 0.473. The molecule has 0 spiro atoms. The lowest BCUT2D eigenvalue weighted by atomic mass is 9.52. The fraction of sp³-hybridized carbons (Fsp3) is 0.192. The third kappa shape index (κ3) is 2.07. The number of amides is 2. The third-order valence-corrected chi connectivity index (χ3v) is 7.10. The number of ether oxygens (including phenoxy) is 2. The molecule has 1 fully saturated rings. The maximum absolute atomic E-state index is 14.0. The molecule has 0 N–H and O–H groups in total. The Morgan fingerprint density at radius 1 is 0.844 bits per heavy atom. The lowest BCUT2D eigenvalue weighted by molar-refractivity contribution is -0.156. The molecule has 2 amide bonds. The van der Waals surface area contributed by atoms with E-state index in [1.807, 2.05) is 48.5 Å². The fourth-order valence-corrected chi connectivity index (χ4v) is 6.03. The van der Waals surface area contributed by atoms with Gasteiger partial charge in [0.25, 0.3) is 6.47 Å². The number of para-hydroxylation sites is 2. The van der Waals surface area contributed by atoms with Crippen LogP contribution in [0.25, 0.3) is 0 Å². The molecule has 3 aromatic carbocycles. The van der Waals surface area contributed by atoms with Crippen molar-refractivity contribution in [2.24, 2.45) is 11.8 Å². The fourth-order valence-electron chi connectivity index (χ4n) is 6.03. The highest BCUT2D eigenvalue weighted by molar-refractivity contribution is 6.24. The monoisotopic (exact) mass is 425 g/mol. The summed E-state index contributed by atoms with van der Waals surface area (Å²) >= 11 is 0. The minimum atomic E-state index is -1.36. The van der Waals surface area contributed by atoms with Gasteiger partial charge in [-0.3, -0.25) is 14.4 Å². The van der Waals surface area contributed by atoms with Crippen LogP contribution in [0.5, 0.6) is 5.75 Å². The van der Waals surface area contributed by atoms with Crippen LogP contribution in [0.3, 0.4) is 0 Å². The normalized spacial score (nSPS) is 26.9. The van der Waals surface area contributed by atoms with Crippen LogP contribution in [0.4, 0.5) is 5.69 Å². The second kappa shape index (κ2) is 6.53. The Morgan fingerprint density at radius 3 is 2.06 bits per heavy atom. The van der Waals surface area contributed by atoms with E-state index in [0.717, 1.165) is 22.3 Å². The van der Waals surface area contributed by atoms with Crippen LogP contribution in [-0.2, 0) is 24.7 Å². The molecule has 0 unspecified atom stereocenters. The molecule has 1 aliphatic heterocycles. The summed E-state index contributed by atoms with van der Waals surface area (Å²) in [4.78, 5) is 40.9. The highest BCUT2D eigenvalue weighted by Gasteiger charge is 2.70. The third-order valence-electron chi connectivity index (χ3n) is 7.10. The van der Waals surface area contributed by atoms with Crippen molar-refractivity contribution in [3.8, 4) is 5.75 Å². The van der Waals surface area contributed by atoms with Crippen molar-refractivity contribution >= 4 is 24.0 Å². The smallest absolute Gasteiger partial charge is 0.294 e. The van der Waals surface area contributed by atoms with Gasteiger partial charge < -0.3 is 9.47 Å². The van der Waals surface area contributed by atoms with E-state index in [0.29, 0.717) is 17.9 Å². The first-order valence-electron chi connectivity index (χ1n) is 10.5. The van der Waals surface area contributed by atoms with Gasteiger partial charge in [0, 0.05) is 17.0 Å². The Bertz CT molecular complexity index is 1250. The number of carbonyl (C=O) groups is 3. The molecule has 3 aliphatic carbocycles. The molecule has 6 nitrogen and oxygen atoms in total. The molecule has 32 heavy (non-hydrogen) atoms. The molecular weight excluding hydrogens is 406 g/mol. The van der Waals surface area contributed by atoms with E-state index >= 15 is 0 Å². The van der Waals surface area contributed by atoms with E-state index in [1.165, 1.54) is 12.0 Å². The molecule has 0 saturated carbocycles. The molecule has 7 rings (SSSR count). The lowest BCUT2D eigenvalue weighted by Gasteiger charge is -2.52. The molecule has 158 valence electrons. The zero-order valence-corrected chi connectivity index (χ0v) is 17.2. The standard InChI is InChI=1S/C26H19NO5/c1-31-20-13-7-6-12-19(20)27-24(29)22-21-15-8-2-4-10-17(15)26(32-14-28,23(22)25(27)30)18-11-5-3-9-16(18)21/h2-14,21-23H,1H3/t21?,22-,23-,26?/m0/s1. The summed E-state index contributed by atoms with van der Waals surface area (Å²) in [6.07, 6.45) is 0. The summed E-state index contributed by atoms with van der Waals surface area (Å²) in [5.41, 5.74) is 2.39. The van der Waals surface area contributed by atoms with Gasteiger partial charge in [-0.05, 0) is 23.3 Å². The highest BCUT2D eigenvalue weighted by Crippen LogP contribution is 2.64. The topological polar surface area (TPSA) is 72.9 Å². The van der Waals surface area contributed by atoms with Crippen molar-refractivity contribution < 1.29 is 23.9 Å². The maximum atomic E-state index is 14.0. The second-order valence-electron chi connectivity index (χ2n) is 8.29. The largest absolute Gasteiger partial charge is 0.495 e. The van der Waals surface area contributed by atoms with E-state index in [2.05, 4.69) is 0 Å². The van der Waals surface area contributed by atoms with Gasteiger partial charge >= 0.3 is 0 Å². The zero-order valence-electron chi connectivity index (χ0n) is 17.2. The Hall–Kier alpha value is -3.93. The predicted octanol–water partition coefficient (Wildman–Crippen LogP) is 3.38. The number of benzene rings is 3. The summed E-state index contributed by atoms with van der Waals surface area (Å²) in [6.45, 7) is 0.389. The molecule has 0 radical (unpaired) electrons. The average Bonchev–Trinajstić information content (AvgIpc) is 3.10. The van der Waals surface area contributed by atoms with Crippen LogP contribution >= 0.6 is 0 Å². The van der Waals surface area contributed by atoms with Gasteiger partial charge in [-0.1, -0.05) is 60.7 Å². The van der Waals surface area contributed by atoms with Crippen molar-refractivity contribution in [2.75, 3.05) is 12.0 Å². The van der Waals surface area contributed by atoms with Gasteiger partial charge in [0.05, 0.1) is 24.6 Å². The number of methoxy groups -OCH3 is 1. The van der Waals surface area contributed by atoms with Gasteiger partial charge in [0.1, 0.15) is 5.75 Å². The van der Waals surface area contributed by atoms with Gasteiger partial charge in [-0.2, -0.15) is 0 Å². The second-order valence-corrected chi connectivity index (χ2v) is 8.29. The Kier molecular flexibility index (Phi) is 3.84. The lowest BCUT2D eigenvalue weighted by Crippen LogP contribution is -2.55. The van der Waals surface area contributed by atoms with Crippen molar-refractivity contribution in [1.82, 2.24) is 0 Å². The van der Waals surface area contributed by atoms with Crippen molar-refractivity contribution in [1.29, 1.82) is 0 Å². The van der Waals surface area contributed by atoms with E-state index in [9.17, 15) is 14.4 Å². The van der Waals surface area contributed by atoms with E-state index in [1.54, 1.807) is 24.3 Å². The molecule has 1 heterocycles. The summed E-state index contributed by atoms with van der Waals surface area (Å²) in [7, 11) is 1.50. The van der Waals surface area contributed by atoms with Crippen LogP contribution in [0.1, 0.15) is 28.2 Å². The Morgan fingerprint density at radius 2 is 1.44 bits per heavy atom. The first-order chi connectivity index (χ1) is 15.6. The Balaban J connectivity index is 1.65. The first-order valence-corrected chi connectivity index (χ1v) is 10.5. The molecular formula is C26H19NO5. The van der Waals surface area contributed by atoms with Crippen molar-refractivity contribution in [3.05, 3.63) is 95.1 Å². The summed E-state index contributed by atoms with van der Waals surface area (Å²) in [5.74, 6) is -2.11. The first kappa shape index (κ1) is 18.8. The van der Waals surface area contributed by atoms with Crippen LogP contribution in [0.15, 0.2) is 72.8 Å². The molecule has 1 saturated heterocycles. The van der Waals surface area contributed by atoms with Crippen LogP contribution < -0.4 is 9.64 Å². The van der Waals surface area contributed by atoms with E-state index < -0.39 is 17.4 Å². The van der Waals surface area contributed by atoms with Crippen molar-refractivity contribution in [3.63, 3.8) is 0 Å². The number of carbonyl (C=O) groups excluding carboxylic acids is 3. The maximum Gasteiger partial charge on any atom is 0.294 e. The number of nitrogens with zero attached hydrogens (tertiary/aromatic N) is 1. The molecule has 0 aromatic heterocycles. The number of imide groups is 1. The summed E-state index contributed by atoms with van der Waals surface area (Å²) < 4.78 is 11.3. The number of hydrogen-bond acceptors (Lipinski definition) is 5. The van der Waals surface area contributed by atoms with Gasteiger partial charge in [0.15, 0.2) is 5.60 Å². The van der Waals surface area contributed by atoms with Gasteiger partial charge in [-0.25, -0.2) is 4.90 Å². The minimum absolute atomic E-state index is 0.305. The average molecular weight is 425 g/mol. The van der Waals surface area contributed by atoms with Gasteiger partial charge in [-0.15, -0.1) is 0 Å². The molecule has 2 bridgehead atoms. The van der Waals surface area contributed by atoms with Gasteiger partial charge in [0.2, 0.25) is 11.8 Å². The summed E-state index contributed by atoms with van der Waals surface area (Å²) in [6, 6.07) is 22.2. The Labute approximate surface area is 184 Å². The van der Waals surface area contributed by atoms with E-state index in [4.69, 9.17) is 9.47 Å². The predicted molar refractivity (Wildman–Crippen MR) is 115 cm³/mol. The molecule has 3 aromatic rings. The molecule has 4 aliphatic rings. The van der Waals surface area contributed by atoms with E-state index in [-0.39, 0.29) is 17.7 Å². The highest BCUT2D eigenvalue weighted by atomic mass is 16.5. The van der Waals surface area contributed by atoms with Crippen LogP contribution in [0, 0.1) is 11.8 Å². The zero-order chi connectivity index (χ0) is 22.0. The van der Waals surface area contributed by atoms with Crippen LogP contribution in [-0.4, -0.2) is 25.4 Å². The SMILES string of the molecule is COc1ccccc1N1C(=O)[C@@H]2[C@@H](C1=O)C1c3ccccc3C2(OC=O)c2ccccc21. The molecule has 6 heteroatoms. The molecule has 2 atom stereocenters. The number of anilines is 1. The number of hydrogen-bond donors (Lipinski definition) is 0. The number of rotatable bonds is 4. The van der Waals surface area contributed by atoms with Crippen LogP contribution in [0.2, 0.25) is 0 Å². The van der Waals surface area contributed by atoms with Crippen molar-refractivity contribution in [2.45, 2.75) is 11.5 Å².